The number of rotatable bonds is 4. The quantitative estimate of drug-likeness (QED) is 0.832. The molecular weight excluding hydrogens is 208 g/mol. The lowest BCUT2D eigenvalue weighted by molar-refractivity contribution is 0.643. The zero-order chi connectivity index (χ0) is 10.5. The topological polar surface area (TPSA) is 42.0 Å². The highest BCUT2D eigenvalue weighted by Crippen LogP contribution is 2.09. The van der Waals surface area contributed by atoms with Gasteiger partial charge in [-0.2, -0.15) is 0 Å². The van der Waals surface area contributed by atoms with Crippen molar-refractivity contribution in [3.05, 3.63) is 30.1 Å². The number of nitrogens with zero attached hydrogens (tertiary/aromatic N) is 1. The molecule has 1 aliphatic heterocycles. The van der Waals surface area contributed by atoms with Crippen LogP contribution in [0, 0.1) is 0 Å². The average Bonchev–Trinajstić information content (AvgIpc) is 2.71. The predicted octanol–water partition coefficient (Wildman–Crippen LogP) is 1.08. The molecule has 1 N–H and O–H groups in total. The Labute approximate surface area is 92.8 Å². The summed E-state index contributed by atoms with van der Waals surface area (Å²) < 4.78 is 11.8. The zero-order valence-electron chi connectivity index (χ0n) is 8.69. The summed E-state index contributed by atoms with van der Waals surface area (Å²) in [4.78, 5) is 3.94. The largest absolute Gasteiger partial charge is 0.313 e. The maximum atomic E-state index is 11.8. The van der Waals surface area contributed by atoms with Crippen molar-refractivity contribution in [3.8, 4) is 0 Å². The van der Waals surface area contributed by atoms with Crippen LogP contribution in [0.5, 0.6) is 0 Å². The minimum Gasteiger partial charge on any atom is -0.313 e. The molecule has 0 radical (unpaired) electrons. The number of pyridine rings is 1. The fourth-order valence-electron chi connectivity index (χ4n) is 1.85. The molecule has 0 amide bonds. The fourth-order valence-corrected chi connectivity index (χ4v) is 3.26. The van der Waals surface area contributed by atoms with Crippen LogP contribution in [-0.2, 0) is 16.6 Å². The molecule has 0 aliphatic carbocycles. The van der Waals surface area contributed by atoms with Crippen LogP contribution >= 0.6 is 0 Å². The van der Waals surface area contributed by atoms with E-state index < -0.39 is 10.8 Å². The SMILES string of the molecule is O=S(Cc1ccncc1)CC1CCCN1. The summed E-state index contributed by atoms with van der Waals surface area (Å²) in [6.45, 7) is 1.08. The van der Waals surface area contributed by atoms with Crippen molar-refractivity contribution in [1.82, 2.24) is 10.3 Å². The summed E-state index contributed by atoms with van der Waals surface area (Å²) in [6.07, 6.45) is 5.89. The number of nitrogens with one attached hydrogen (secondary N) is 1. The summed E-state index contributed by atoms with van der Waals surface area (Å²) in [5, 5.41) is 3.37. The molecule has 1 saturated heterocycles. The summed E-state index contributed by atoms with van der Waals surface area (Å²) >= 11 is 0. The molecule has 1 aromatic heterocycles. The van der Waals surface area contributed by atoms with Crippen LogP contribution in [0.2, 0.25) is 0 Å². The Bertz CT molecular complexity index is 323. The normalized spacial score (nSPS) is 22.8. The van der Waals surface area contributed by atoms with Crippen LogP contribution in [0.25, 0.3) is 0 Å². The first kappa shape index (κ1) is 10.8. The van der Waals surface area contributed by atoms with Crippen LogP contribution in [0.15, 0.2) is 24.5 Å². The van der Waals surface area contributed by atoms with Crippen LogP contribution in [0.3, 0.4) is 0 Å². The Morgan fingerprint density at radius 3 is 2.93 bits per heavy atom. The summed E-state index contributed by atoms with van der Waals surface area (Å²) in [6, 6.07) is 4.33. The molecule has 15 heavy (non-hydrogen) atoms. The smallest absolute Gasteiger partial charge is 0.0487 e. The van der Waals surface area contributed by atoms with Gasteiger partial charge in [0.25, 0.3) is 0 Å². The average molecular weight is 224 g/mol. The van der Waals surface area contributed by atoms with Crippen LogP contribution in [0.4, 0.5) is 0 Å². The van der Waals surface area contributed by atoms with Gasteiger partial charge >= 0.3 is 0 Å². The second-order valence-electron chi connectivity index (χ2n) is 3.90. The Morgan fingerprint density at radius 1 is 1.47 bits per heavy atom. The van der Waals surface area contributed by atoms with Gasteiger partial charge in [0.05, 0.1) is 0 Å². The van der Waals surface area contributed by atoms with Gasteiger partial charge in [-0.25, -0.2) is 0 Å². The Hall–Kier alpha value is -0.740. The lowest BCUT2D eigenvalue weighted by atomic mass is 10.3. The number of hydrogen-bond acceptors (Lipinski definition) is 3. The molecule has 2 atom stereocenters. The monoisotopic (exact) mass is 224 g/mol. The van der Waals surface area contributed by atoms with E-state index in [9.17, 15) is 4.21 Å². The third-order valence-corrected chi connectivity index (χ3v) is 4.06. The van der Waals surface area contributed by atoms with Crippen molar-refractivity contribution >= 4 is 10.8 Å². The molecule has 2 rings (SSSR count). The summed E-state index contributed by atoms with van der Waals surface area (Å²) in [7, 11) is -0.751. The second-order valence-corrected chi connectivity index (χ2v) is 5.40. The molecule has 2 heterocycles. The third-order valence-electron chi connectivity index (χ3n) is 2.63. The van der Waals surface area contributed by atoms with E-state index >= 15 is 0 Å². The molecule has 1 aromatic rings. The van der Waals surface area contributed by atoms with Crippen molar-refractivity contribution in [2.75, 3.05) is 12.3 Å². The lowest BCUT2D eigenvalue weighted by Gasteiger charge is -2.09. The second kappa shape index (κ2) is 5.37. The molecule has 4 heteroatoms. The Balaban J connectivity index is 1.82. The van der Waals surface area contributed by atoms with E-state index in [4.69, 9.17) is 0 Å². The molecule has 2 unspecified atom stereocenters. The third kappa shape index (κ3) is 3.39. The Kier molecular flexibility index (Phi) is 3.86. The minimum absolute atomic E-state index is 0.465. The van der Waals surface area contributed by atoms with Gasteiger partial charge in [0.15, 0.2) is 0 Å². The van der Waals surface area contributed by atoms with E-state index in [2.05, 4.69) is 10.3 Å². The molecule has 0 bridgehead atoms. The maximum Gasteiger partial charge on any atom is 0.0487 e. The molecule has 3 nitrogen and oxygen atoms in total. The van der Waals surface area contributed by atoms with E-state index in [1.807, 2.05) is 12.1 Å². The van der Waals surface area contributed by atoms with Gasteiger partial charge in [-0.05, 0) is 37.1 Å². The molecule has 1 aliphatic rings. The first-order chi connectivity index (χ1) is 7.34. The fraction of sp³-hybridized carbons (Fsp3) is 0.545. The van der Waals surface area contributed by atoms with Gasteiger partial charge < -0.3 is 5.32 Å². The molecular formula is C11H16N2OS. The predicted molar refractivity (Wildman–Crippen MR) is 62.0 cm³/mol. The van der Waals surface area contributed by atoms with Gasteiger partial charge in [-0.3, -0.25) is 9.19 Å². The highest BCUT2D eigenvalue weighted by atomic mass is 32.2. The summed E-state index contributed by atoms with van der Waals surface area (Å²) in [5.74, 6) is 1.43. The van der Waals surface area contributed by atoms with Gasteiger partial charge in [-0.1, -0.05) is 0 Å². The van der Waals surface area contributed by atoms with Crippen molar-refractivity contribution in [3.63, 3.8) is 0 Å². The number of hydrogen-bond donors (Lipinski definition) is 1. The Morgan fingerprint density at radius 2 is 2.27 bits per heavy atom. The molecule has 0 saturated carbocycles. The van der Waals surface area contributed by atoms with E-state index in [0.29, 0.717) is 11.8 Å². The summed E-state index contributed by atoms with van der Waals surface area (Å²) in [5.41, 5.74) is 1.11. The van der Waals surface area contributed by atoms with Crippen LogP contribution < -0.4 is 5.32 Å². The van der Waals surface area contributed by atoms with Gasteiger partial charge in [-0.15, -0.1) is 0 Å². The van der Waals surface area contributed by atoms with Crippen LogP contribution in [0.1, 0.15) is 18.4 Å². The first-order valence-corrected chi connectivity index (χ1v) is 6.80. The lowest BCUT2D eigenvalue weighted by Crippen LogP contribution is -2.27. The standard InChI is InChI=1S/C11H16N2OS/c14-15(9-11-2-1-5-13-11)8-10-3-6-12-7-4-10/h3-4,6-7,11,13H,1-2,5,8-9H2. The molecule has 0 spiro atoms. The van der Waals surface area contributed by atoms with Gasteiger partial charge in [0.2, 0.25) is 0 Å². The maximum absolute atomic E-state index is 11.8. The molecule has 1 fully saturated rings. The van der Waals surface area contributed by atoms with E-state index in [1.165, 1.54) is 12.8 Å². The number of aromatic nitrogens is 1. The highest BCUT2D eigenvalue weighted by molar-refractivity contribution is 7.84. The molecule has 0 aromatic carbocycles. The first-order valence-electron chi connectivity index (χ1n) is 5.32. The van der Waals surface area contributed by atoms with E-state index in [1.54, 1.807) is 12.4 Å². The van der Waals surface area contributed by atoms with Crippen molar-refractivity contribution in [1.29, 1.82) is 0 Å². The van der Waals surface area contributed by atoms with E-state index in [-0.39, 0.29) is 0 Å². The van der Waals surface area contributed by atoms with E-state index in [0.717, 1.165) is 17.9 Å². The highest BCUT2D eigenvalue weighted by Gasteiger charge is 2.16. The van der Waals surface area contributed by atoms with Crippen LogP contribution in [-0.4, -0.2) is 27.5 Å². The van der Waals surface area contributed by atoms with Crippen molar-refractivity contribution in [2.24, 2.45) is 0 Å². The van der Waals surface area contributed by atoms with Gasteiger partial charge in [0.1, 0.15) is 0 Å². The van der Waals surface area contributed by atoms with Crippen molar-refractivity contribution < 1.29 is 4.21 Å². The minimum atomic E-state index is -0.751. The van der Waals surface area contributed by atoms with Crippen molar-refractivity contribution in [2.45, 2.75) is 24.6 Å². The molecule has 82 valence electrons. The van der Waals surface area contributed by atoms with Gasteiger partial charge in [0, 0.05) is 40.7 Å². The zero-order valence-corrected chi connectivity index (χ0v) is 9.50.